The number of hydrogen-bond acceptors (Lipinski definition) is 3. The summed E-state index contributed by atoms with van der Waals surface area (Å²) in [6, 6.07) is 4.00. The van der Waals surface area contributed by atoms with Crippen molar-refractivity contribution in [2.24, 2.45) is 0 Å². The lowest BCUT2D eigenvalue weighted by atomic mass is 10.3. The van der Waals surface area contributed by atoms with Crippen LogP contribution in [0.3, 0.4) is 0 Å². The number of aromatic nitrogens is 1. The molecule has 1 aromatic carbocycles. The molecular formula is C8H3ClF3NOS. The summed E-state index contributed by atoms with van der Waals surface area (Å²) in [7, 11) is 0. The summed E-state index contributed by atoms with van der Waals surface area (Å²) in [6.45, 7) is 0. The Bertz CT molecular complexity index is 496. The second-order valence-electron chi connectivity index (χ2n) is 2.64. The largest absolute Gasteiger partial charge is 0.446 e. The third-order valence-electron chi connectivity index (χ3n) is 1.57. The van der Waals surface area contributed by atoms with Crippen LogP contribution in [0.2, 0.25) is 5.35 Å². The van der Waals surface area contributed by atoms with Crippen molar-refractivity contribution < 1.29 is 17.6 Å². The Balaban J connectivity index is 2.38. The molecule has 0 N–H and O–H groups in total. The monoisotopic (exact) mass is 253 g/mol. The van der Waals surface area contributed by atoms with Crippen LogP contribution in [-0.2, 0) is 0 Å². The highest BCUT2D eigenvalue weighted by Gasteiger charge is 2.29. The van der Waals surface area contributed by atoms with Crippen LogP contribution in [0.25, 0.3) is 11.1 Å². The molecule has 80 valence electrons. The summed E-state index contributed by atoms with van der Waals surface area (Å²) >= 11 is 5.26. The van der Waals surface area contributed by atoms with Crippen molar-refractivity contribution in [1.82, 2.24) is 4.98 Å². The second-order valence-corrected chi connectivity index (χ2v) is 4.11. The first kappa shape index (κ1) is 10.6. The molecule has 1 heterocycles. The summed E-state index contributed by atoms with van der Waals surface area (Å²) < 4.78 is 41.0. The van der Waals surface area contributed by atoms with Gasteiger partial charge in [0.25, 0.3) is 5.35 Å². The smallest absolute Gasteiger partial charge is 0.428 e. The Labute approximate surface area is 91.4 Å². The number of thioether (sulfide) groups is 1. The molecule has 0 radical (unpaired) electrons. The number of halogens is 4. The Morgan fingerprint density at radius 3 is 2.73 bits per heavy atom. The van der Waals surface area contributed by atoms with Crippen LogP contribution in [0.4, 0.5) is 13.2 Å². The predicted molar refractivity (Wildman–Crippen MR) is 50.9 cm³/mol. The molecular weight excluding hydrogens is 251 g/mol. The Morgan fingerprint density at radius 2 is 2.07 bits per heavy atom. The van der Waals surface area contributed by atoms with E-state index in [1.165, 1.54) is 18.2 Å². The fourth-order valence-electron chi connectivity index (χ4n) is 1.07. The molecule has 0 aliphatic rings. The van der Waals surface area contributed by atoms with E-state index >= 15 is 0 Å². The van der Waals surface area contributed by atoms with Crippen molar-refractivity contribution in [3.8, 4) is 0 Å². The Kier molecular flexibility index (Phi) is 2.56. The van der Waals surface area contributed by atoms with E-state index in [1.807, 2.05) is 0 Å². The van der Waals surface area contributed by atoms with Gasteiger partial charge in [0.2, 0.25) is 0 Å². The molecule has 2 nitrogen and oxygen atoms in total. The number of fused-ring (bicyclic) bond motifs is 1. The number of nitrogens with zero attached hydrogens (tertiary/aromatic N) is 1. The molecule has 2 rings (SSSR count). The van der Waals surface area contributed by atoms with Crippen molar-refractivity contribution >= 4 is 34.5 Å². The predicted octanol–water partition coefficient (Wildman–Crippen LogP) is 4.09. The molecule has 0 bridgehead atoms. The van der Waals surface area contributed by atoms with Crippen molar-refractivity contribution in [2.45, 2.75) is 10.4 Å². The summed E-state index contributed by atoms with van der Waals surface area (Å²) in [5, 5.41) is -0.0841. The minimum Gasteiger partial charge on any atom is -0.428 e. The SMILES string of the molecule is FC(F)(F)Sc1ccc2nc(Cl)oc2c1. The normalized spacial score (nSPS) is 12.3. The van der Waals surface area contributed by atoms with Crippen LogP contribution in [0.15, 0.2) is 27.5 Å². The molecule has 7 heteroatoms. The zero-order chi connectivity index (χ0) is 11.1. The minimum atomic E-state index is -4.31. The van der Waals surface area contributed by atoms with Crippen LogP contribution in [0, 0.1) is 0 Å². The number of rotatable bonds is 1. The topological polar surface area (TPSA) is 26.0 Å². The molecule has 1 aromatic heterocycles. The van der Waals surface area contributed by atoms with Gasteiger partial charge in [-0.05, 0) is 41.6 Å². The average molecular weight is 254 g/mol. The van der Waals surface area contributed by atoms with E-state index in [2.05, 4.69) is 4.98 Å². The number of benzene rings is 1. The zero-order valence-corrected chi connectivity index (χ0v) is 8.58. The van der Waals surface area contributed by atoms with Crippen LogP contribution in [0.5, 0.6) is 0 Å². The van der Waals surface area contributed by atoms with Gasteiger partial charge in [-0.2, -0.15) is 18.2 Å². The van der Waals surface area contributed by atoms with Gasteiger partial charge in [-0.25, -0.2) is 0 Å². The molecule has 2 aromatic rings. The van der Waals surface area contributed by atoms with Gasteiger partial charge < -0.3 is 4.42 Å². The van der Waals surface area contributed by atoms with Crippen LogP contribution in [-0.4, -0.2) is 10.5 Å². The van der Waals surface area contributed by atoms with Gasteiger partial charge in [-0.15, -0.1) is 0 Å². The Hall–Kier alpha value is -0.880. The highest BCUT2D eigenvalue weighted by atomic mass is 35.5. The number of hydrogen-bond donors (Lipinski definition) is 0. The van der Waals surface area contributed by atoms with Gasteiger partial charge >= 0.3 is 5.51 Å². The maximum atomic E-state index is 12.0. The molecule has 0 aliphatic carbocycles. The summed E-state index contributed by atoms with van der Waals surface area (Å²) in [5.74, 6) is 0. The van der Waals surface area contributed by atoms with Crippen LogP contribution in [0.1, 0.15) is 0 Å². The molecule has 0 amide bonds. The lowest BCUT2D eigenvalue weighted by Gasteiger charge is -2.04. The maximum Gasteiger partial charge on any atom is 0.446 e. The average Bonchev–Trinajstić information content (AvgIpc) is 2.40. The maximum absolute atomic E-state index is 12.0. The molecule has 0 saturated heterocycles. The Morgan fingerprint density at radius 1 is 1.33 bits per heavy atom. The van der Waals surface area contributed by atoms with Crippen molar-refractivity contribution in [1.29, 1.82) is 0 Å². The molecule has 0 spiro atoms. The minimum absolute atomic E-state index is 0.0443. The van der Waals surface area contributed by atoms with E-state index in [-0.39, 0.29) is 27.6 Å². The second kappa shape index (κ2) is 3.61. The van der Waals surface area contributed by atoms with Gasteiger partial charge in [-0.1, -0.05) is 0 Å². The summed E-state index contributed by atoms with van der Waals surface area (Å²) in [5.41, 5.74) is -3.63. The fraction of sp³-hybridized carbons (Fsp3) is 0.125. The van der Waals surface area contributed by atoms with Gasteiger partial charge in [-0.3, -0.25) is 0 Å². The van der Waals surface area contributed by atoms with Gasteiger partial charge in [0.05, 0.1) is 0 Å². The fourth-order valence-corrected chi connectivity index (χ4v) is 1.82. The van der Waals surface area contributed by atoms with E-state index in [4.69, 9.17) is 16.0 Å². The van der Waals surface area contributed by atoms with Crippen molar-refractivity contribution in [3.05, 3.63) is 23.5 Å². The molecule has 15 heavy (non-hydrogen) atoms. The third-order valence-corrected chi connectivity index (χ3v) is 2.45. The lowest BCUT2D eigenvalue weighted by molar-refractivity contribution is -0.0328. The van der Waals surface area contributed by atoms with Gasteiger partial charge in [0.1, 0.15) is 5.52 Å². The first-order chi connectivity index (χ1) is 6.94. The molecule has 0 unspecified atom stereocenters. The van der Waals surface area contributed by atoms with Gasteiger partial charge in [0, 0.05) is 4.90 Å². The van der Waals surface area contributed by atoms with E-state index in [0.29, 0.717) is 5.52 Å². The van der Waals surface area contributed by atoms with E-state index in [1.54, 1.807) is 0 Å². The van der Waals surface area contributed by atoms with E-state index in [0.717, 1.165) is 0 Å². The third kappa shape index (κ3) is 2.57. The van der Waals surface area contributed by atoms with Gasteiger partial charge in [0.15, 0.2) is 5.58 Å². The quantitative estimate of drug-likeness (QED) is 0.716. The highest BCUT2D eigenvalue weighted by Crippen LogP contribution is 2.38. The highest BCUT2D eigenvalue weighted by molar-refractivity contribution is 8.00. The van der Waals surface area contributed by atoms with Crippen LogP contribution < -0.4 is 0 Å². The molecule has 0 atom stereocenters. The summed E-state index contributed by atoms with van der Waals surface area (Å²) in [4.78, 5) is 3.80. The first-order valence-electron chi connectivity index (χ1n) is 3.76. The molecule has 0 fully saturated rings. The number of oxazole rings is 1. The zero-order valence-electron chi connectivity index (χ0n) is 7.01. The van der Waals surface area contributed by atoms with E-state index < -0.39 is 5.51 Å². The van der Waals surface area contributed by atoms with Crippen molar-refractivity contribution in [3.63, 3.8) is 0 Å². The molecule has 0 saturated carbocycles. The molecule has 0 aliphatic heterocycles. The standard InChI is InChI=1S/C8H3ClF3NOS/c9-7-13-5-2-1-4(3-6(5)14-7)15-8(10,11)12/h1-3H. The van der Waals surface area contributed by atoms with E-state index in [9.17, 15) is 13.2 Å². The summed E-state index contributed by atoms with van der Waals surface area (Å²) in [6.07, 6.45) is 0. The van der Waals surface area contributed by atoms with Crippen LogP contribution >= 0.6 is 23.4 Å². The number of alkyl halides is 3. The lowest BCUT2D eigenvalue weighted by Crippen LogP contribution is -1.98. The van der Waals surface area contributed by atoms with Crippen molar-refractivity contribution in [2.75, 3.05) is 0 Å². The first-order valence-corrected chi connectivity index (χ1v) is 4.95.